The molecule has 1 rings (SSSR count). The molecule has 1 heterocycles. The largest absolute Gasteiger partial charge is 0.241 e. The van der Waals surface area contributed by atoms with Gasteiger partial charge in [-0.1, -0.05) is 25.3 Å². The van der Waals surface area contributed by atoms with Crippen LogP contribution in [-0.2, 0) is 0 Å². The van der Waals surface area contributed by atoms with Crippen molar-refractivity contribution in [3.8, 4) is 0 Å². The average Bonchev–Trinajstić information content (AvgIpc) is 2.47. The Morgan fingerprint density at radius 3 is 2.64 bits per heavy atom. The molecular formula is C12H14N2. The Morgan fingerprint density at radius 1 is 1.21 bits per heavy atom. The van der Waals surface area contributed by atoms with Gasteiger partial charge in [-0.25, -0.2) is 5.01 Å². The van der Waals surface area contributed by atoms with E-state index in [0.29, 0.717) is 0 Å². The summed E-state index contributed by atoms with van der Waals surface area (Å²) >= 11 is 0. The number of hydrogen-bond acceptors (Lipinski definition) is 2. The monoisotopic (exact) mass is 186 g/mol. The molecule has 72 valence electrons. The van der Waals surface area contributed by atoms with Crippen LogP contribution in [0.2, 0.25) is 0 Å². The van der Waals surface area contributed by atoms with E-state index in [1.54, 1.807) is 23.4 Å². The fraction of sp³-hybridized carbons (Fsp3) is 0.0833. The lowest BCUT2D eigenvalue weighted by molar-refractivity contribution is 0.514. The number of rotatable bonds is 3. The highest BCUT2D eigenvalue weighted by molar-refractivity contribution is 5.71. The fourth-order valence-corrected chi connectivity index (χ4v) is 1.08. The highest BCUT2D eigenvalue weighted by Crippen LogP contribution is 2.14. The van der Waals surface area contributed by atoms with Gasteiger partial charge in [-0.15, -0.1) is 0 Å². The van der Waals surface area contributed by atoms with Gasteiger partial charge in [0.15, 0.2) is 0 Å². The van der Waals surface area contributed by atoms with Gasteiger partial charge < -0.3 is 0 Å². The Labute approximate surface area is 84.9 Å². The molecule has 0 saturated carbocycles. The quantitative estimate of drug-likeness (QED) is 0.619. The van der Waals surface area contributed by atoms with E-state index in [-0.39, 0.29) is 0 Å². The van der Waals surface area contributed by atoms with Crippen LogP contribution in [0.1, 0.15) is 6.92 Å². The minimum Gasteiger partial charge on any atom is -0.241 e. The van der Waals surface area contributed by atoms with Crippen LogP contribution in [0.3, 0.4) is 0 Å². The van der Waals surface area contributed by atoms with Crippen molar-refractivity contribution < 1.29 is 0 Å². The molecule has 0 aliphatic carbocycles. The normalized spacial score (nSPS) is 16.2. The SMILES string of the molecule is C=C/C(C)=C(\C=C)N1C=CC=CC=N1. The lowest BCUT2D eigenvalue weighted by atomic mass is 10.2. The predicted molar refractivity (Wildman–Crippen MR) is 61.7 cm³/mol. The molecule has 0 unspecified atom stereocenters. The van der Waals surface area contributed by atoms with Gasteiger partial charge in [-0.05, 0) is 30.7 Å². The average molecular weight is 186 g/mol. The molecule has 0 spiro atoms. The minimum absolute atomic E-state index is 0.941. The second-order valence-corrected chi connectivity index (χ2v) is 2.81. The van der Waals surface area contributed by atoms with Crippen molar-refractivity contribution in [3.63, 3.8) is 0 Å². The van der Waals surface area contributed by atoms with Crippen molar-refractivity contribution >= 4 is 6.21 Å². The van der Waals surface area contributed by atoms with Crippen LogP contribution in [0.5, 0.6) is 0 Å². The van der Waals surface area contributed by atoms with Crippen LogP contribution in [0.4, 0.5) is 0 Å². The Balaban J connectivity index is 3.02. The molecule has 0 atom stereocenters. The third-order valence-corrected chi connectivity index (χ3v) is 1.88. The number of hydrogen-bond donors (Lipinski definition) is 0. The zero-order valence-electron chi connectivity index (χ0n) is 8.35. The molecule has 0 saturated heterocycles. The van der Waals surface area contributed by atoms with E-state index in [2.05, 4.69) is 18.3 Å². The van der Waals surface area contributed by atoms with Crippen LogP contribution >= 0.6 is 0 Å². The van der Waals surface area contributed by atoms with E-state index in [1.165, 1.54) is 0 Å². The summed E-state index contributed by atoms with van der Waals surface area (Å²) in [7, 11) is 0. The summed E-state index contributed by atoms with van der Waals surface area (Å²) < 4.78 is 0. The van der Waals surface area contributed by atoms with Gasteiger partial charge in [0, 0.05) is 12.4 Å². The summed E-state index contributed by atoms with van der Waals surface area (Å²) in [4.78, 5) is 0. The summed E-state index contributed by atoms with van der Waals surface area (Å²) in [6, 6.07) is 0. The first-order valence-corrected chi connectivity index (χ1v) is 4.42. The van der Waals surface area contributed by atoms with E-state index in [4.69, 9.17) is 0 Å². The van der Waals surface area contributed by atoms with E-state index in [0.717, 1.165) is 11.3 Å². The van der Waals surface area contributed by atoms with Crippen LogP contribution < -0.4 is 0 Å². The van der Waals surface area contributed by atoms with Crippen LogP contribution in [0.25, 0.3) is 0 Å². The molecule has 0 fully saturated rings. The van der Waals surface area contributed by atoms with Gasteiger partial charge in [0.25, 0.3) is 0 Å². The van der Waals surface area contributed by atoms with Gasteiger partial charge in [-0.3, -0.25) is 0 Å². The van der Waals surface area contributed by atoms with E-state index in [9.17, 15) is 0 Å². The molecule has 0 amide bonds. The van der Waals surface area contributed by atoms with Crippen molar-refractivity contribution in [1.82, 2.24) is 5.01 Å². The Hall–Kier alpha value is -1.83. The zero-order valence-corrected chi connectivity index (χ0v) is 8.35. The Kier molecular flexibility index (Phi) is 3.68. The van der Waals surface area contributed by atoms with Crippen molar-refractivity contribution in [2.24, 2.45) is 5.10 Å². The Morgan fingerprint density at radius 2 is 2.00 bits per heavy atom. The van der Waals surface area contributed by atoms with E-state index < -0.39 is 0 Å². The van der Waals surface area contributed by atoms with Crippen LogP contribution in [-0.4, -0.2) is 11.2 Å². The molecule has 0 bridgehead atoms. The van der Waals surface area contributed by atoms with Gasteiger partial charge in [0.1, 0.15) is 0 Å². The van der Waals surface area contributed by atoms with Crippen molar-refractivity contribution in [2.75, 3.05) is 0 Å². The first-order chi connectivity index (χ1) is 6.79. The summed E-state index contributed by atoms with van der Waals surface area (Å²) in [5, 5.41) is 5.99. The molecular weight excluding hydrogens is 172 g/mol. The zero-order chi connectivity index (χ0) is 10.4. The topological polar surface area (TPSA) is 15.6 Å². The smallest absolute Gasteiger partial charge is 0.0668 e. The fourth-order valence-electron chi connectivity index (χ4n) is 1.08. The Bertz CT molecular complexity index is 327. The van der Waals surface area contributed by atoms with Gasteiger partial charge >= 0.3 is 0 Å². The maximum atomic E-state index is 4.22. The van der Waals surface area contributed by atoms with E-state index >= 15 is 0 Å². The van der Waals surface area contributed by atoms with Crippen molar-refractivity contribution in [2.45, 2.75) is 6.92 Å². The standard InChI is InChI=1S/C12H14N2/c1-4-11(3)12(5-2)14-10-8-6-7-9-13-14/h4-10H,1-2H2,3H3/b12-11+. The summed E-state index contributed by atoms with van der Waals surface area (Å²) in [5.74, 6) is 0. The highest BCUT2D eigenvalue weighted by atomic mass is 15.4. The van der Waals surface area contributed by atoms with E-state index in [1.807, 2.05) is 31.4 Å². The van der Waals surface area contributed by atoms with Crippen molar-refractivity contribution in [3.05, 3.63) is 61.0 Å². The molecule has 0 radical (unpaired) electrons. The lowest BCUT2D eigenvalue weighted by Gasteiger charge is -2.16. The van der Waals surface area contributed by atoms with Crippen LogP contribution in [0, 0.1) is 0 Å². The summed E-state index contributed by atoms with van der Waals surface area (Å²) in [5.41, 5.74) is 1.99. The van der Waals surface area contributed by atoms with Gasteiger partial charge in [-0.2, -0.15) is 5.10 Å². The maximum Gasteiger partial charge on any atom is 0.0668 e. The molecule has 0 aromatic rings. The second kappa shape index (κ2) is 5.02. The molecule has 0 aromatic heterocycles. The minimum atomic E-state index is 0.941. The molecule has 14 heavy (non-hydrogen) atoms. The molecule has 2 nitrogen and oxygen atoms in total. The second-order valence-electron chi connectivity index (χ2n) is 2.81. The third kappa shape index (κ3) is 2.33. The maximum absolute atomic E-state index is 4.22. The summed E-state index contributed by atoms with van der Waals surface area (Å²) in [6.45, 7) is 9.46. The van der Waals surface area contributed by atoms with Crippen molar-refractivity contribution in [1.29, 1.82) is 0 Å². The molecule has 1 aliphatic heterocycles. The third-order valence-electron chi connectivity index (χ3n) is 1.88. The van der Waals surface area contributed by atoms with Gasteiger partial charge in [0.05, 0.1) is 5.70 Å². The van der Waals surface area contributed by atoms with Gasteiger partial charge in [0.2, 0.25) is 0 Å². The number of hydrazone groups is 1. The summed E-state index contributed by atoms with van der Waals surface area (Å²) in [6.07, 6.45) is 12.9. The first kappa shape index (κ1) is 10.3. The van der Waals surface area contributed by atoms with Crippen LogP contribution in [0.15, 0.2) is 66.1 Å². The molecule has 0 aromatic carbocycles. The molecule has 1 aliphatic rings. The lowest BCUT2D eigenvalue weighted by Crippen LogP contribution is -2.08. The molecule has 2 heteroatoms. The first-order valence-electron chi connectivity index (χ1n) is 4.42. The number of allylic oxidation sites excluding steroid dienone is 6. The molecule has 0 N–H and O–H groups in total. The number of nitrogens with zero attached hydrogens (tertiary/aromatic N) is 2. The predicted octanol–water partition coefficient (Wildman–Crippen LogP) is 3.00. The highest BCUT2D eigenvalue weighted by Gasteiger charge is 2.03.